The van der Waals surface area contributed by atoms with Crippen LogP contribution in [0.1, 0.15) is 18.4 Å². The summed E-state index contributed by atoms with van der Waals surface area (Å²) < 4.78 is 0. The van der Waals surface area contributed by atoms with Crippen LogP contribution in [-0.2, 0) is 6.42 Å². The number of hydrogen-bond donors (Lipinski definition) is 1. The summed E-state index contributed by atoms with van der Waals surface area (Å²) >= 11 is 0. The Hall–Kier alpha value is -1.22. The number of anilines is 2. The monoisotopic (exact) mass is 231 g/mol. The van der Waals surface area contributed by atoms with E-state index in [9.17, 15) is 0 Å². The molecule has 1 aliphatic carbocycles. The number of hydrogen-bond acceptors (Lipinski definition) is 3. The molecular weight excluding hydrogens is 210 g/mol. The first-order valence-electron chi connectivity index (χ1n) is 6.42. The quantitative estimate of drug-likeness (QED) is 0.839. The molecule has 1 aliphatic heterocycles. The summed E-state index contributed by atoms with van der Waals surface area (Å²) in [6.07, 6.45) is 3.38. The van der Waals surface area contributed by atoms with Gasteiger partial charge in [-0.05, 0) is 30.9 Å². The van der Waals surface area contributed by atoms with Crippen molar-refractivity contribution >= 4 is 11.4 Å². The van der Waals surface area contributed by atoms with Crippen molar-refractivity contribution in [2.45, 2.75) is 24.8 Å². The van der Waals surface area contributed by atoms with E-state index in [1.807, 2.05) is 0 Å². The van der Waals surface area contributed by atoms with Crippen molar-refractivity contribution in [1.82, 2.24) is 0 Å². The van der Waals surface area contributed by atoms with Crippen molar-refractivity contribution in [3.8, 4) is 0 Å². The van der Waals surface area contributed by atoms with E-state index in [1.165, 1.54) is 29.8 Å². The van der Waals surface area contributed by atoms with Gasteiger partial charge in [0.15, 0.2) is 0 Å². The average Bonchev–Trinajstić information content (AvgIpc) is 3.02. The second-order valence-corrected chi connectivity index (χ2v) is 5.67. The highest BCUT2D eigenvalue weighted by molar-refractivity contribution is 5.76. The molecule has 0 atom stereocenters. The predicted molar refractivity (Wildman–Crippen MR) is 72.8 cm³/mol. The third kappa shape index (κ3) is 1.89. The van der Waals surface area contributed by atoms with Crippen molar-refractivity contribution in [3.63, 3.8) is 0 Å². The second-order valence-electron chi connectivity index (χ2n) is 5.67. The molecule has 2 aliphatic rings. The molecule has 1 fully saturated rings. The minimum Gasteiger partial charge on any atom is -0.371 e. The summed E-state index contributed by atoms with van der Waals surface area (Å²) in [5.74, 6) is 0. The van der Waals surface area contributed by atoms with Gasteiger partial charge in [-0.2, -0.15) is 0 Å². The van der Waals surface area contributed by atoms with Crippen LogP contribution in [0.15, 0.2) is 18.2 Å². The molecule has 2 N–H and O–H groups in total. The van der Waals surface area contributed by atoms with Gasteiger partial charge in [-0.25, -0.2) is 0 Å². The Morgan fingerprint density at radius 1 is 1.18 bits per heavy atom. The molecule has 3 rings (SSSR count). The molecule has 1 aromatic carbocycles. The highest BCUT2D eigenvalue weighted by Crippen LogP contribution is 2.41. The van der Waals surface area contributed by atoms with Crippen molar-refractivity contribution in [3.05, 3.63) is 23.8 Å². The lowest BCUT2D eigenvalue weighted by atomic mass is 9.99. The zero-order chi connectivity index (χ0) is 12.0. The van der Waals surface area contributed by atoms with Crippen LogP contribution in [0, 0.1) is 0 Å². The molecule has 1 heterocycles. The molecule has 92 valence electrons. The normalized spacial score (nSPS) is 21.4. The van der Waals surface area contributed by atoms with Crippen LogP contribution in [0.4, 0.5) is 11.4 Å². The Labute approximate surface area is 103 Å². The molecule has 1 aromatic rings. The first-order valence-corrected chi connectivity index (χ1v) is 6.42. The first kappa shape index (κ1) is 10.9. The van der Waals surface area contributed by atoms with Crippen molar-refractivity contribution in [1.29, 1.82) is 0 Å². The molecule has 0 unspecified atom stereocenters. The number of benzene rings is 1. The van der Waals surface area contributed by atoms with Gasteiger partial charge < -0.3 is 15.5 Å². The van der Waals surface area contributed by atoms with Gasteiger partial charge in [0.05, 0.1) is 11.4 Å². The van der Waals surface area contributed by atoms with Crippen LogP contribution in [-0.4, -0.2) is 32.7 Å². The van der Waals surface area contributed by atoms with Gasteiger partial charge in [-0.15, -0.1) is 0 Å². The molecule has 0 radical (unpaired) electrons. The summed E-state index contributed by atoms with van der Waals surface area (Å²) in [7, 11) is 4.36. The minimum atomic E-state index is 0.0893. The van der Waals surface area contributed by atoms with Crippen LogP contribution in [0.2, 0.25) is 0 Å². The number of nitrogens with two attached hydrogens (primary N) is 1. The van der Waals surface area contributed by atoms with E-state index in [0.717, 1.165) is 19.5 Å². The van der Waals surface area contributed by atoms with E-state index in [1.54, 1.807) is 0 Å². The number of nitrogens with zero attached hydrogens (tertiary/aromatic N) is 2. The van der Waals surface area contributed by atoms with E-state index in [0.29, 0.717) is 0 Å². The van der Waals surface area contributed by atoms with Gasteiger partial charge in [0.1, 0.15) is 0 Å². The molecule has 3 nitrogen and oxygen atoms in total. The maximum absolute atomic E-state index is 6.26. The van der Waals surface area contributed by atoms with Crippen LogP contribution in [0.5, 0.6) is 0 Å². The van der Waals surface area contributed by atoms with Crippen molar-refractivity contribution in [2.24, 2.45) is 5.73 Å². The average molecular weight is 231 g/mol. The fraction of sp³-hybridized carbons (Fsp3) is 0.571. The smallest absolute Gasteiger partial charge is 0.0635 e. The maximum Gasteiger partial charge on any atom is 0.0635 e. The molecule has 0 bridgehead atoms. The fourth-order valence-corrected chi connectivity index (χ4v) is 2.72. The third-order valence-electron chi connectivity index (χ3n) is 4.10. The minimum absolute atomic E-state index is 0.0893. The number of fused-ring (bicyclic) bond motifs is 1. The van der Waals surface area contributed by atoms with Gasteiger partial charge in [-0.3, -0.25) is 0 Å². The number of rotatable bonds is 2. The van der Waals surface area contributed by atoms with Gasteiger partial charge >= 0.3 is 0 Å². The summed E-state index contributed by atoms with van der Waals surface area (Å²) in [5, 5.41) is 0. The SMILES string of the molecule is CN1CCN(C)c2c(CC3(N)CC3)cccc21. The Balaban J connectivity index is 2.01. The summed E-state index contributed by atoms with van der Waals surface area (Å²) in [6.45, 7) is 2.19. The van der Waals surface area contributed by atoms with E-state index < -0.39 is 0 Å². The van der Waals surface area contributed by atoms with Crippen molar-refractivity contribution < 1.29 is 0 Å². The summed E-state index contributed by atoms with van der Waals surface area (Å²) in [5.41, 5.74) is 10.5. The van der Waals surface area contributed by atoms with E-state index in [4.69, 9.17) is 5.73 Å². The lowest BCUT2D eigenvalue weighted by Crippen LogP contribution is -2.38. The highest BCUT2D eigenvalue weighted by Gasteiger charge is 2.39. The molecular formula is C14H21N3. The van der Waals surface area contributed by atoms with E-state index in [2.05, 4.69) is 42.1 Å². The molecule has 1 saturated carbocycles. The second kappa shape index (κ2) is 3.64. The first-order chi connectivity index (χ1) is 8.09. The van der Waals surface area contributed by atoms with Gasteiger partial charge in [0.25, 0.3) is 0 Å². The molecule has 3 heteroatoms. The largest absolute Gasteiger partial charge is 0.371 e. The standard InChI is InChI=1S/C14H21N3/c1-16-8-9-17(2)13-11(4-3-5-12(13)16)10-14(15)6-7-14/h3-5H,6-10,15H2,1-2H3. The van der Waals surface area contributed by atoms with E-state index >= 15 is 0 Å². The summed E-state index contributed by atoms with van der Waals surface area (Å²) in [4.78, 5) is 4.71. The molecule has 0 amide bonds. The number of likely N-dealkylation sites (N-methyl/N-ethyl adjacent to an activating group) is 2. The summed E-state index contributed by atoms with van der Waals surface area (Å²) in [6, 6.07) is 6.61. The topological polar surface area (TPSA) is 32.5 Å². The Bertz CT molecular complexity index is 437. The maximum atomic E-state index is 6.26. The van der Waals surface area contributed by atoms with Gasteiger partial charge in [-0.1, -0.05) is 12.1 Å². The van der Waals surface area contributed by atoms with Crippen LogP contribution in [0.3, 0.4) is 0 Å². The van der Waals surface area contributed by atoms with Crippen molar-refractivity contribution in [2.75, 3.05) is 37.0 Å². The third-order valence-corrected chi connectivity index (χ3v) is 4.10. The predicted octanol–water partition coefficient (Wildman–Crippen LogP) is 1.61. The highest BCUT2D eigenvalue weighted by atomic mass is 15.2. The number of para-hydroxylation sites is 1. The van der Waals surface area contributed by atoms with Crippen LogP contribution >= 0.6 is 0 Å². The van der Waals surface area contributed by atoms with E-state index in [-0.39, 0.29) is 5.54 Å². The lowest BCUT2D eigenvalue weighted by Gasteiger charge is -2.36. The molecule has 0 spiro atoms. The van der Waals surface area contributed by atoms with Crippen LogP contribution < -0.4 is 15.5 Å². The van der Waals surface area contributed by atoms with Gasteiger partial charge in [0, 0.05) is 32.7 Å². The Morgan fingerprint density at radius 2 is 1.88 bits per heavy atom. The Morgan fingerprint density at radius 3 is 2.59 bits per heavy atom. The zero-order valence-corrected chi connectivity index (χ0v) is 10.7. The zero-order valence-electron chi connectivity index (χ0n) is 10.7. The van der Waals surface area contributed by atoms with Gasteiger partial charge in [0.2, 0.25) is 0 Å². The Kier molecular flexibility index (Phi) is 2.33. The van der Waals surface area contributed by atoms with Crippen LogP contribution in [0.25, 0.3) is 0 Å². The molecule has 0 aromatic heterocycles. The fourth-order valence-electron chi connectivity index (χ4n) is 2.72. The lowest BCUT2D eigenvalue weighted by molar-refractivity contribution is 0.667. The molecule has 0 saturated heterocycles. The molecule has 17 heavy (non-hydrogen) atoms.